The van der Waals surface area contributed by atoms with Crippen LogP contribution in [0.3, 0.4) is 0 Å². The molecule has 0 fully saturated rings. The van der Waals surface area contributed by atoms with Gasteiger partial charge in [-0.3, -0.25) is 10.1 Å². The van der Waals surface area contributed by atoms with E-state index >= 15 is 0 Å². The molecule has 2 rings (SSSR count). The fourth-order valence-corrected chi connectivity index (χ4v) is 1.77. The van der Waals surface area contributed by atoms with E-state index in [1.165, 1.54) is 19.2 Å². The third kappa shape index (κ3) is 2.05. The second-order valence-electron chi connectivity index (χ2n) is 3.64. The molecular weight excluding hydrogens is 236 g/mol. The molecule has 1 N–H and O–H groups in total. The smallest absolute Gasteiger partial charge is 0.312 e. The lowest BCUT2D eigenvalue weighted by atomic mass is 10.2. The molecule has 0 aliphatic rings. The molecule has 0 aliphatic carbocycles. The molecule has 18 heavy (non-hydrogen) atoms. The molecule has 0 saturated heterocycles. The number of hydrogen-bond acceptors (Lipinski definition) is 4. The van der Waals surface area contributed by atoms with Gasteiger partial charge in [0.1, 0.15) is 0 Å². The first-order valence-electron chi connectivity index (χ1n) is 5.27. The van der Waals surface area contributed by atoms with Gasteiger partial charge in [0.15, 0.2) is 5.75 Å². The van der Waals surface area contributed by atoms with Gasteiger partial charge < -0.3 is 14.4 Å². The van der Waals surface area contributed by atoms with Crippen molar-refractivity contribution in [2.45, 2.75) is 6.61 Å². The Kier molecular flexibility index (Phi) is 3.29. The van der Waals surface area contributed by atoms with E-state index in [2.05, 4.69) is 0 Å². The number of aromatic nitrogens is 1. The van der Waals surface area contributed by atoms with E-state index in [1.807, 2.05) is 0 Å². The van der Waals surface area contributed by atoms with Gasteiger partial charge >= 0.3 is 5.69 Å². The first-order chi connectivity index (χ1) is 8.67. The maximum Gasteiger partial charge on any atom is 0.312 e. The summed E-state index contributed by atoms with van der Waals surface area (Å²) in [7, 11) is 1.39. The number of benzene rings is 1. The minimum Gasteiger partial charge on any atom is -0.490 e. The van der Waals surface area contributed by atoms with Crippen LogP contribution >= 0.6 is 0 Å². The van der Waals surface area contributed by atoms with Gasteiger partial charge in [0, 0.05) is 18.0 Å². The van der Waals surface area contributed by atoms with Crippen LogP contribution in [-0.4, -0.2) is 21.7 Å². The van der Waals surface area contributed by atoms with Crippen LogP contribution in [0.15, 0.2) is 36.5 Å². The van der Waals surface area contributed by atoms with Gasteiger partial charge in [-0.1, -0.05) is 0 Å². The quantitative estimate of drug-likeness (QED) is 0.662. The topological polar surface area (TPSA) is 77.5 Å². The van der Waals surface area contributed by atoms with Gasteiger partial charge in [0.05, 0.1) is 24.3 Å². The summed E-state index contributed by atoms with van der Waals surface area (Å²) < 4.78 is 6.62. The number of aliphatic hydroxyl groups is 1. The minimum atomic E-state index is -0.496. The maximum absolute atomic E-state index is 10.9. The van der Waals surface area contributed by atoms with Crippen LogP contribution in [0.2, 0.25) is 0 Å². The van der Waals surface area contributed by atoms with Crippen LogP contribution in [0.1, 0.15) is 5.69 Å². The molecule has 0 amide bonds. The lowest BCUT2D eigenvalue weighted by Gasteiger charge is -2.08. The molecular formula is C12H12N2O4. The minimum absolute atomic E-state index is 0.104. The van der Waals surface area contributed by atoms with Crippen LogP contribution < -0.4 is 4.74 Å². The van der Waals surface area contributed by atoms with Crippen LogP contribution in [0.25, 0.3) is 5.69 Å². The van der Waals surface area contributed by atoms with E-state index in [0.29, 0.717) is 11.4 Å². The highest BCUT2D eigenvalue weighted by Gasteiger charge is 2.16. The monoisotopic (exact) mass is 248 g/mol. The zero-order valence-corrected chi connectivity index (χ0v) is 9.74. The zero-order valence-electron chi connectivity index (χ0n) is 9.74. The van der Waals surface area contributed by atoms with Crippen molar-refractivity contribution < 1.29 is 14.8 Å². The third-order valence-corrected chi connectivity index (χ3v) is 2.63. The summed E-state index contributed by atoms with van der Waals surface area (Å²) in [4.78, 5) is 10.4. The van der Waals surface area contributed by atoms with E-state index < -0.39 is 4.92 Å². The summed E-state index contributed by atoms with van der Waals surface area (Å²) in [6.07, 6.45) is 1.73. The van der Waals surface area contributed by atoms with E-state index in [0.717, 1.165) is 0 Å². The molecule has 0 atom stereocenters. The van der Waals surface area contributed by atoms with Gasteiger partial charge in [0.25, 0.3) is 0 Å². The first kappa shape index (κ1) is 12.1. The van der Waals surface area contributed by atoms with E-state index in [4.69, 9.17) is 9.84 Å². The molecule has 0 unspecified atom stereocenters. The van der Waals surface area contributed by atoms with Crippen LogP contribution in [0, 0.1) is 10.1 Å². The van der Waals surface area contributed by atoms with Crippen molar-refractivity contribution in [1.29, 1.82) is 0 Å². The Balaban J connectivity index is 2.53. The molecule has 1 aromatic carbocycles. The number of methoxy groups -OCH3 is 1. The Morgan fingerprint density at radius 2 is 2.22 bits per heavy atom. The van der Waals surface area contributed by atoms with Crippen molar-refractivity contribution in [1.82, 2.24) is 4.57 Å². The largest absolute Gasteiger partial charge is 0.490 e. The number of nitro groups is 1. The fourth-order valence-electron chi connectivity index (χ4n) is 1.77. The Morgan fingerprint density at radius 3 is 2.83 bits per heavy atom. The summed E-state index contributed by atoms with van der Waals surface area (Å²) in [6, 6.07) is 8.16. The molecule has 0 aliphatic heterocycles. The second-order valence-corrected chi connectivity index (χ2v) is 3.64. The highest BCUT2D eigenvalue weighted by Crippen LogP contribution is 2.29. The van der Waals surface area contributed by atoms with E-state index in [9.17, 15) is 10.1 Å². The predicted octanol–water partition coefficient (Wildman–Crippen LogP) is 1.89. The molecule has 1 aromatic heterocycles. The second kappa shape index (κ2) is 4.89. The molecule has 2 aromatic rings. The molecule has 6 nitrogen and oxygen atoms in total. The average Bonchev–Trinajstić information content (AvgIpc) is 2.86. The van der Waals surface area contributed by atoms with Crippen molar-refractivity contribution >= 4 is 5.69 Å². The number of ether oxygens (including phenoxy) is 1. The van der Waals surface area contributed by atoms with Gasteiger partial charge in [-0.15, -0.1) is 0 Å². The van der Waals surface area contributed by atoms with Gasteiger partial charge in [0.2, 0.25) is 0 Å². The molecule has 0 saturated carbocycles. The van der Waals surface area contributed by atoms with E-state index in [1.54, 1.807) is 29.0 Å². The summed E-state index contributed by atoms with van der Waals surface area (Å²) in [5, 5.41) is 20.1. The average molecular weight is 248 g/mol. The third-order valence-electron chi connectivity index (χ3n) is 2.63. The van der Waals surface area contributed by atoms with Crippen LogP contribution in [0.5, 0.6) is 5.75 Å². The Hall–Kier alpha value is -2.34. The van der Waals surface area contributed by atoms with Gasteiger partial charge in [-0.2, -0.15) is 0 Å². The number of rotatable bonds is 4. The highest BCUT2D eigenvalue weighted by molar-refractivity contribution is 5.54. The normalized spacial score (nSPS) is 10.3. The predicted molar refractivity (Wildman–Crippen MR) is 64.9 cm³/mol. The lowest BCUT2D eigenvalue weighted by molar-refractivity contribution is -0.385. The summed E-state index contributed by atoms with van der Waals surface area (Å²) in [6.45, 7) is -0.132. The number of hydrogen-bond donors (Lipinski definition) is 1. The summed E-state index contributed by atoms with van der Waals surface area (Å²) in [5.74, 6) is 0.210. The number of nitro benzene ring substituents is 1. The molecule has 1 heterocycles. The number of nitrogens with zero attached hydrogens (tertiary/aromatic N) is 2. The SMILES string of the molecule is COc1ccc(-n2cccc2CO)cc1[N+](=O)[O-]. The highest BCUT2D eigenvalue weighted by atomic mass is 16.6. The van der Waals surface area contributed by atoms with Gasteiger partial charge in [-0.25, -0.2) is 0 Å². The molecule has 94 valence electrons. The van der Waals surface area contributed by atoms with Crippen molar-refractivity contribution in [2.24, 2.45) is 0 Å². The Labute approximate surface area is 103 Å². The molecule has 0 radical (unpaired) electrons. The molecule has 0 bridgehead atoms. The standard InChI is InChI=1S/C12H12N2O4/c1-18-12-5-4-9(7-11(12)14(16)17)13-6-2-3-10(13)8-15/h2-7,15H,8H2,1H3. The van der Waals surface area contributed by atoms with Crippen LogP contribution in [-0.2, 0) is 6.61 Å². The van der Waals surface area contributed by atoms with Crippen molar-refractivity contribution in [3.05, 3.63) is 52.3 Å². The summed E-state index contributed by atoms with van der Waals surface area (Å²) >= 11 is 0. The first-order valence-corrected chi connectivity index (χ1v) is 5.27. The zero-order chi connectivity index (χ0) is 13.1. The lowest BCUT2D eigenvalue weighted by Crippen LogP contribution is -2.01. The van der Waals surface area contributed by atoms with E-state index in [-0.39, 0.29) is 18.0 Å². The fraction of sp³-hybridized carbons (Fsp3) is 0.167. The van der Waals surface area contributed by atoms with Crippen molar-refractivity contribution in [3.63, 3.8) is 0 Å². The summed E-state index contributed by atoms with van der Waals surface area (Å²) in [5.41, 5.74) is 1.17. The Bertz CT molecular complexity index is 577. The Morgan fingerprint density at radius 1 is 1.44 bits per heavy atom. The molecule has 0 spiro atoms. The number of aliphatic hydroxyl groups excluding tert-OH is 1. The van der Waals surface area contributed by atoms with Crippen molar-refractivity contribution in [2.75, 3.05) is 7.11 Å². The van der Waals surface area contributed by atoms with Gasteiger partial charge in [-0.05, 0) is 24.3 Å². The van der Waals surface area contributed by atoms with Crippen molar-refractivity contribution in [3.8, 4) is 11.4 Å². The molecule has 6 heteroatoms. The maximum atomic E-state index is 10.9. The van der Waals surface area contributed by atoms with Crippen LogP contribution in [0.4, 0.5) is 5.69 Å².